The van der Waals surface area contributed by atoms with Crippen LogP contribution in [-0.4, -0.2) is 17.7 Å². The molecule has 1 unspecified atom stereocenters. The largest absolute Gasteiger partial charge is 0.448 e. The molecule has 1 aromatic carbocycles. The molecule has 1 heterocycles. The molecule has 3 nitrogen and oxygen atoms in total. The minimum atomic E-state index is -0.812. The van der Waals surface area contributed by atoms with Crippen molar-refractivity contribution in [3.05, 3.63) is 35.4 Å². The number of rotatable bonds is 2. The molecule has 0 fully saturated rings. The van der Waals surface area contributed by atoms with E-state index in [1.54, 1.807) is 12.1 Å². The molecule has 3 heteroatoms. The number of fused-ring (bicyclic) bond motifs is 1. The van der Waals surface area contributed by atoms with Gasteiger partial charge >= 0.3 is 5.97 Å². The predicted octanol–water partition coefficient (Wildman–Crippen LogP) is 1.45. The maximum atomic E-state index is 11.5. The van der Waals surface area contributed by atoms with Crippen LogP contribution in [0.4, 0.5) is 0 Å². The number of carbonyl (C=O) groups excluding carboxylic acids is 1. The van der Waals surface area contributed by atoms with Gasteiger partial charge in [0.05, 0.1) is 12.2 Å². The van der Waals surface area contributed by atoms with Crippen LogP contribution in [0.3, 0.4) is 0 Å². The molecule has 0 bridgehead atoms. The second kappa shape index (κ2) is 3.10. The minimum absolute atomic E-state index is 0.160. The molecule has 14 heavy (non-hydrogen) atoms. The standard InChI is InChI=1S/C11H12O3/c1-2-11(7-12)9-6-4-3-5-8(9)10(13)14-11/h3-6,12H,2,7H2,1H3. The van der Waals surface area contributed by atoms with Gasteiger partial charge in [-0.3, -0.25) is 0 Å². The van der Waals surface area contributed by atoms with Crippen molar-refractivity contribution in [2.75, 3.05) is 6.61 Å². The molecule has 0 radical (unpaired) electrons. The van der Waals surface area contributed by atoms with Crippen LogP contribution in [0.25, 0.3) is 0 Å². The van der Waals surface area contributed by atoms with Crippen molar-refractivity contribution >= 4 is 5.97 Å². The van der Waals surface area contributed by atoms with Crippen molar-refractivity contribution in [3.8, 4) is 0 Å². The highest BCUT2D eigenvalue weighted by molar-refractivity contribution is 5.94. The number of ether oxygens (including phenoxy) is 1. The van der Waals surface area contributed by atoms with Crippen LogP contribution in [0, 0.1) is 0 Å². The Morgan fingerprint density at radius 3 is 2.79 bits per heavy atom. The fourth-order valence-electron chi connectivity index (χ4n) is 1.84. The molecule has 1 aromatic rings. The molecule has 0 aliphatic carbocycles. The normalized spacial score (nSPS) is 24.6. The summed E-state index contributed by atoms with van der Waals surface area (Å²) in [6.07, 6.45) is 0.590. The Bertz CT molecular complexity index is 367. The highest BCUT2D eigenvalue weighted by atomic mass is 16.6. The van der Waals surface area contributed by atoms with E-state index in [2.05, 4.69) is 0 Å². The first-order valence-corrected chi connectivity index (χ1v) is 4.67. The van der Waals surface area contributed by atoms with Gasteiger partial charge < -0.3 is 9.84 Å². The lowest BCUT2D eigenvalue weighted by molar-refractivity contribution is -0.0408. The average Bonchev–Trinajstić information content (AvgIpc) is 2.53. The molecule has 74 valence electrons. The van der Waals surface area contributed by atoms with Gasteiger partial charge in [-0.1, -0.05) is 25.1 Å². The van der Waals surface area contributed by atoms with Gasteiger partial charge in [-0.2, -0.15) is 0 Å². The highest BCUT2D eigenvalue weighted by Gasteiger charge is 2.43. The molecule has 1 aliphatic rings. The maximum Gasteiger partial charge on any atom is 0.339 e. The molecular weight excluding hydrogens is 180 g/mol. The lowest BCUT2D eigenvalue weighted by Gasteiger charge is -2.24. The SMILES string of the molecule is CCC1(CO)OC(=O)c2ccccc21. The fraction of sp³-hybridized carbons (Fsp3) is 0.364. The zero-order valence-corrected chi connectivity index (χ0v) is 7.99. The molecule has 0 amide bonds. The first kappa shape index (κ1) is 9.21. The third-order valence-electron chi connectivity index (χ3n) is 2.75. The van der Waals surface area contributed by atoms with Gasteiger partial charge in [0.1, 0.15) is 0 Å². The average molecular weight is 192 g/mol. The van der Waals surface area contributed by atoms with Crippen molar-refractivity contribution < 1.29 is 14.6 Å². The lowest BCUT2D eigenvalue weighted by atomic mass is 9.91. The molecule has 2 rings (SSSR count). The Morgan fingerprint density at radius 1 is 1.43 bits per heavy atom. The van der Waals surface area contributed by atoms with Crippen molar-refractivity contribution in [2.45, 2.75) is 18.9 Å². The van der Waals surface area contributed by atoms with Gasteiger partial charge in [0.25, 0.3) is 0 Å². The third kappa shape index (κ3) is 1.06. The van der Waals surface area contributed by atoms with Gasteiger partial charge in [-0.05, 0) is 12.5 Å². The Labute approximate surface area is 82.3 Å². The number of cyclic esters (lactones) is 1. The number of hydrogen-bond acceptors (Lipinski definition) is 3. The Kier molecular flexibility index (Phi) is 2.04. The topological polar surface area (TPSA) is 46.5 Å². The number of aliphatic hydroxyl groups is 1. The Morgan fingerprint density at radius 2 is 2.14 bits per heavy atom. The van der Waals surface area contributed by atoms with Crippen LogP contribution in [0.2, 0.25) is 0 Å². The first-order chi connectivity index (χ1) is 6.73. The molecule has 0 spiro atoms. The van der Waals surface area contributed by atoms with E-state index in [0.717, 1.165) is 5.56 Å². The monoisotopic (exact) mass is 192 g/mol. The number of aliphatic hydroxyl groups excluding tert-OH is 1. The maximum absolute atomic E-state index is 11.5. The summed E-state index contributed by atoms with van der Waals surface area (Å²) in [5, 5.41) is 9.30. The van der Waals surface area contributed by atoms with Gasteiger partial charge in [0.2, 0.25) is 0 Å². The molecule has 0 saturated carbocycles. The number of benzene rings is 1. The van der Waals surface area contributed by atoms with Crippen LogP contribution in [-0.2, 0) is 10.3 Å². The van der Waals surface area contributed by atoms with Gasteiger partial charge in [0.15, 0.2) is 5.60 Å². The summed E-state index contributed by atoms with van der Waals surface area (Å²) in [5.74, 6) is -0.337. The summed E-state index contributed by atoms with van der Waals surface area (Å²) < 4.78 is 5.23. The smallest absolute Gasteiger partial charge is 0.339 e. The quantitative estimate of drug-likeness (QED) is 0.721. The van der Waals surface area contributed by atoms with Crippen LogP contribution < -0.4 is 0 Å². The van der Waals surface area contributed by atoms with Crippen LogP contribution >= 0.6 is 0 Å². The second-order valence-electron chi connectivity index (χ2n) is 3.44. The minimum Gasteiger partial charge on any atom is -0.448 e. The zero-order chi connectivity index (χ0) is 10.2. The molecular formula is C11H12O3. The number of hydrogen-bond donors (Lipinski definition) is 1. The van der Waals surface area contributed by atoms with Crippen molar-refractivity contribution in [3.63, 3.8) is 0 Å². The van der Waals surface area contributed by atoms with Gasteiger partial charge in [0, 0.05) is 5.56 Å². The molecule has 0 saturated heterocycles. The van der Waals surface area contributed by atoms with E-state index in [4.69, 9.17) is 4.74 Å². The van der Waals surface area contributed by atoms with E-state index in [9.17, 15) is 9.90 Å². The van der Waals surface area contributed by atoms with Crippen LogP contribution in [0.5, 0.6) is 0 Å². The van der Waals surface area contributed by atoms with E-state index in [-0.39, 0.29) is 12.6 Å². The fourth-order valence-corrected chi connectivity index (χ4v) is 1.84. The van der Waals surface area contributed by atoms with Crippen molar-refractivity contribution in [2.24, 2.45) is 0 Å². The van der Waals surface area contributed by atoms with E-state index >= 15 is 0 Å². The van der Waals surface area contributed by atoms with Crippen LogP contribution in [0.15, 0.2) is 24.3 Å². The van der Waals surface area contributed by atoms with Gasteiger partial charge in [-0.15, -0.1) is 0 Å². The van der Waals surface area contributed by atoms with Crippen molar-refractivity contribution in [1.29, 1.82) is 0 Å². The summed E-state index contributed by atoms with van der Waals surface area (Å²) in [4.78, 5) is 11.5. The third-order valence-corrected chi connectivity index (χ3v) is 2.75. The van der Waals surface area contributed by atoms with E-state index in [1.165, 1.54) is 0 Å². The van der Waals surface area contributed by atoms with Crippen molar-refractivity contribution in [1.82, 2.24) is 0 Å². The second-order valence-corrected chi connectivity index (χ2v) is 3.44. The van der Waals surface area contributed by atoms with E-state index in [0.29, 0.717) is 12.0 Å². The van der Waals surface area contributed by atoms with Crippen LogP contribution in [0.1, 0.15) is 29.3 Å². The summed E-state index contributed by atoms with van der Waals surface area (Å²) in [6.45, 7) is 1.73. The number of esters is 1. The van der Waals surface area contributed by atoms with E-state index < -0.39 is 5.60 Å². The summed E-state index contributed by atoms with van der Waals surface area (Å²) in [7, 11) is 0. The van der Waals surface area contributed by atoms with E-state index in [1.807, 2.05) is 19.1 Å². The zero-order valence-electron chi connectivity index (χ0n) is 7.99. The summed E-state index contributed by atoms with van der Waals surface area (Å²) >= 11 is 0. The van der Waals surface area contributed by atoms with Gasteiger partial charge in [-0.25, -0.2) is 4.79 Å². The summed E-state index contributed by atoms with van der Waals surface area (Å²) in [5.41, 5.74) is 0.562. The molecule has 0 aromatic heterocycles. The Balaban J connectivity index is 2.58. The highest BCUT2D eigenvalue weighted by Crippen LogP contribution is 2.38. The summed E-state index contributed by atoms with van der Waals surface area (Å²) in [6, 6.07) is 7.20. The predicted molar refractivity (Wildman–Crippen MR) is 50.9 cm³/mol. The first-order valence-electron chi connectivity index (χ1n) is 4.67. The molecule has 1 aliphatic heterocycles. The lowest BCUT2D eigenvalue weighted by Crippen LogP contribution is -2.29. The number of carbonyl (C=O) groups is 1. The molecule has 1 atom stereocenters. The Hall–Kier alpha value is -1.35. The molecule has 1 N–H and O–H groups in total.